The van der Waals surface area contributed by atoms with Crippen molar-refractivity contribution in [3.63, 3.8) is 0 Å². The maximum Gasteiger partial charge on any atom is 0.374 e. The molecule has 0 amide bonds. The first-order valence-electron chi connectivity index (χ1n) is 5.44. The maximum atomic E-state index is 11.5. The molecule has 100 valence electrons. The lowest BCUT2D eigenvalue weighted by atomic mass is 10.3. The number of carbonyl (C=O) groups excluding carboxylic acids is 1. The Labute approximate surface area is 119 Å². The standard InChI is InChI=1S/C13H12ClNO3S/c1-17-13(16)12-8(4-5-18-12)7-19-11-6-9(14)2-3-10(11)15/h2-6H,7,15H2,1H3. The van der Waals surface area contributed by atoms with Crippen LogP contribution >= 0.6 is 23.4 Å². The molecule has 6 heteroatoms. The lowest BCUT2D eigenvalue weighted by Crippen LogP contribution is -2.02. The summed E-state index contributed by atoms with van der Waals surface area (Å²) in [4.78, 5) is 12.3. The number of nitrogens with two attached hydrogens (primary N) is 1. The molecule has 1 aromatic heterocycles. The van der Waals surface area contributed by atoms with Crippen LogP contribution < -0.4 is 5.73 Å². The van der Waals surface area contributed by atoms with E-state index in [4.69, 9.17) is 21.8 Å². The largest absolute Gasteiger partial charge is 0.463 e. The van der Waals surface area contributed by atoms with Gasteiger partial charge in [-0.2, -0.15) is 0 Å². The molecule has 0 fully saturated rings. The van der Waals surface area contributed by atoms with E-state index in [2.05, 4.69) is 4.74 Å². The fourth-order valence-corrected chi connectivity index (χ4v) is 2.73. The molecule has 0 radical (unpaired) electrons. The topological polar surface area (TPSA) is 65.5 Å². The number of carbonyl (C=O) groups is 1. The summed E-state index contributed by atoms with van der Waals surface area (Å²) < 4.78 is 9.76. The SMILES string of the molecule is COC(=O)c1occc1CSc1cc(Cl)ccc1N. The highest BCUT2D eigenvalue weighted by Gasteiger charge is 2.16. The molecule has 0 bridgehead atoms. The van der Waals surface area contributed by atoms with Gasteiger partial charge in [-0.1, -0.05) is 11.6 Å². The first-order valence-corrected chi connectivity index (χ1v) is 6.80. The second-order valence-corrected chi connectivity index (χ2v) is 5.19. The molecule has 2 N–H and O–H groups in total. The molecule has 2 aromatic rings. The highest BCUT2D eigenvalue weighted by molar-refractivity contribution is 7.98. The van der Waals surface area contributed by atoms with Gasteiger partial charge in [0.25, 0.3) is 0 Å². The Morgan fingerprint density at radius 2 is 2.26 bits per heavy atom. The van der Waals surface area contributed by atoms with Crippen molar-refractivity contribution in [2.75, 3.05) is 12.8 Å². The average Bonchev–Trinajstić information content (AvgIpc) is 2.87. The van der Waals surface area contributed by atoms with Crippen molar-refractivity contribution < 1.29 is 13.9 Å². The Kier molecular flexibility index (Phi) is 4.39. The van der Waals surface area contributed by atoms with Crippen LogP contribution in [0.1, 0.15) is 16.1 Å². The molecule has 2 rings (SSSR count). The van der Waals surface area contributed by atoms with Gasteiger partial charge >= 0.3 is 5.97 Å². The van der Waals surface area contributed by atoms with Gasteiger partial charge in [-0.3, -0.25) is 0 Å². The molecule has 1 heterocycles. The maximum absolute atomic E-state index is 11.5. The first-order chi connectivity index (χ1) is 9.11. The number of thioether (sulfide) groups is 1. The summed E-state index contributed by atoms with van der Waals surface area (Å²) in [7, 11) is 1.32. The van der Waals surface area contributed by atoms with E-state index in [1.165, 1.54) is 25.1 Å². The smallest absolute Gasteiger partial charge is 0.374 e. The Balaban J connectivity index is 2.13. The molecule has 0 spiro atoms. The van der Waals surface area contributed by atoms with Gasteiger partial charge in [-0.25, -0.2) is 4.79 Å². The second-order valence-electron chi connectivity index (χ2n) is 3.74. The van der Waals surface area contributed by atoms with Crippen LogP contribution in [0, 0.1) is 0 Å². The lowest BCUT2D eigenvalue weighted by molar-refractivity contribution is 0.0564. The van der Waals surface area contributed by atoms with Crippen molar-refractivity contribution >= 4 is 35.0 Å². The molecule has 0 saturated carbocycles. The van der Waals surface area contributed by atoms with Gasteiger partial charge in [0.05, 0.1) is 13.4 Å². The van der Waals surface area contributed by atoms with E-state index in [-0.39, 0.29) is 5.76 Å². The normalized spacial score (nSPS) is 10.4. The molecule has 0 aliphatic rings. The van der Waals surface area contributed by atoms with Gasteiger partial charge in [0.1, 0.15) is 0 Å². The molecule has 4 nitrogen and oxygen atoms in total. The number of furan rings is 1. The summed E-state index contributed by atoms with van der Waals surface area (Å²) in [5.74, 6) is 0.279. The van der Waals surface area contributed by atoms with Crippen LogP contribution in [0.4, 0.5) is 5.69 Å². The van der Waals surface area contributed by atoms with Crippen LogP contribution in [0.5, 0.6) is 0 Å². The van der Waals surface area contributed by atoms with E-state index in [1.54, 1.807) is 24.3 Å². The molecule has 0 aliphatic carbocycles. The summed E-state index contributed by atoms with van der Waals surface area (Å²) in [6.45, 7) is 0. The average molecular weight is 298 g/mol. The van der Waals surface area contributed by atoms with Crippen LogP contribution in [-0.4, -0.2) is 13.1 Å². The fraction of sp³-hybridized carbons (Fsp3) is 0.154. The van der Waals surface area contributed by atoms with E-state index in [1.807, 2.05) is 0 Å². The van der Waals surface area contributed by atoms with Gasteiger partial charge in [-0.05, 0) is 24.3 Å². The predicted octanol–water partition coefficient (Wildman–Crippen LogP) is 3.59. The van der Waals surface area contributed by atoms with E-state index in [0.29, 0.717) is 16.5 Å². The minimum absolute atomic E-state index is 0.218. The van der Waals surface area contributed by atoms with Gasteiger partial charge < -0.3 is 14.9 Å². The third-order valence-electron chi connectivity index (χ3n) is 2.48. The molecule has 0 saturated heterocycles. The Morgan fingerprint density at radius 1 is 1.47 bits per heavy atom. The summed E-state index contributed by atoms with van der Waals surface area (Å²) in [5.41, 5.74) is 7.27. The summed E-state index contributed by atoms with van der Waals surface area (Å²) in [6, 6.07) is 7.01. The number of rotatable bonds is 4. The number of benzene rings is 1. The monoisotopic (exact) mass is 297 g/mol. The molecule has 19 heavy (non-hydrogen) atoms. The number of methoxy groups -OCH3 is 1. The molecule has 0 aliphatic heterocycles. The van der Waals surface area contributed by atoms with E-state index in [9.17, 15) is 4.79 Å². The quantitative estimate of drug-likeness (QED) is 0.531. The van der Waals surface area contributed by atoms with Crippen molar-refractivity contribution in [1.29, 1.82) is 0 Å². The highest BCUT2D eigenvalue weighted by Crippen LogP contribution is 2.31. The summed E-state index contributed by atoms with van der Waals surface area (Å²) in [6.07, 6.45) is 1.46. The van der Waals surface area contributed by atoms with E-state index >= 15 is 0 Å². The molecule has 1 aromatic carbocycles. The third kappa shape index (κ3) is 3.24. The Hall–Kier alpha value is -1.59. The Morgan fingerprint density at radius 3 is 3.00 bits per heavy atom. The second kappa shape index (κ2) is 6.04. The summed E-state index contributed by atoms with van der Waals surface area (Å²) in [5, 5.41) is 0.622. The summed E-state index contributed by atoms with van der Waals surface area (Å²) >= 11 is 7.40. The van der Waals surface area contributed by atoms with Gasteiger partial charge in [0, 0.05) is 26.9 Å². The van der Waals surface area contributed by atoms with Crippen molar-refractivity contribution in [2.45, 2.75) is 10.6 Å². The van der Waals surface area contributed by atoms with Crippen molar-refractivity contribution in [1.82, 2.24) is 0 Å². The van der Waals surface area contributed by atoms with Crippen LogP contribution in [0.3, 0.4) is 0 Å². The number of nitrogen functional groups attached to an aromatic ring is 1. The molecule has 0 atom stereocenters. The van der Waals surface area contributed by atoms with E-state index in [0.717, 1.165) is 10.5 Å². The molecular formula is C13H12ClNO3S. The predicted molar refractivity (Wildman–Crippen MR) is 75.5 cm³/mol. The van der Waals surface area contributed by atoms with Crippen LogP contribution in [0.15, 0.2) is 39.8 Å². The minimum atomic E-state index is -0.486. The third-order valence-corrected chi connectivity index (χ3v) is 3.83. The van der Waals surface area contributed by atoms with Gasteiger partial charge in [0.15, 0.2) is 0 Å². The number of hydrogen-bond donors (Lipinski definition) is 1. The number of hydrogen-bond acceptors (Lipinski definition) is 5. The highest BCUT2D eigenvalue weighted by atomic mass is 35.5. The lowest BCUT2D eigenvalue weighted by Gasteiger charge is -2.05. The van der Waals surface area contributed by atoms with Crippen LogP contribution in [0.2, 0.25) is 5.02 Å². The fourth-order valence-electron chi connectivity index (χ4n) is 1.51. The number of halogens is 1. The van der Waals surface area contributed by atoms with Crippen LogP contribution in [-0.2, 0) is 10.5 Å². The van der Waals surface area contributed by atoms with Gasteiger partial charge in [-0.15, -0.1) is 11.8 Å². The zero-order valence-electron chi connectivity index (χ0n) is 10.2. The van der Waals surface area contributed by atoms with Gasteiger partial charge in [0.2, 0.25) is 5.76 Å². The van der Waals surface area contributed by atoms with E-state index < -0.39 is 5.97 Å². The minimum Gasteiger partial charge on any atom is -0.463 e. The van der Waals surface area contributed by atoms with Crippen molar-refractivity contribution in [3.05, 3.63) is 46.9 Å². The van der Waals surface area contributed by atoms with Crippen molar-refractivity contribution in [3.8, 4) is 0 Å². The number of esters is 1. The molecule has 0 unspecified atom stereocenters. The number of anilines is 1. The Bertz CT molecular complexity index is 597. The van der Waals surface area contributed by atoms with Crippen molar-refractivity contribution in [2.24, 2.45) is 0 Å². The van der Waals surface area contributed by atoms with Crippen LogP contribution in [0.25, 0.3) is 0 Å². The zero-order chi connectivity index (χ0) is 13.8. The molecular weight excluding hydrogens is 286 g/mol. The zero-order valence-corrected chi connectivity index (χ0v) is 11.8. The first kappa shape index (κ1) is 13.8. The number of ether oxygens (including phenoxy) is 1.